The minimum absolute atomic E-state index is 0.418. The Balaban J connectivity index is 1.95. The average molecular weight is 291 g/mol. The van der Waals surface area contributed by atoms with Gasteiger partial charge in [0.05, 0.1) is 0 Å². The van der Waals surface area contributed by atoms with E-state index in [0.29, 0.717) is 5.56 Å². The molecule has 4 heteroatoms. The fourth-order valence-corrected chi connectivity index (χ4v) is 2.40. The Bertz CT molecular complexity index is 847. The lowest BCUT2D eigenvalue weighted by atomic mass is 10.0. The molecule has 2 aromatic carbocycles. The molecule has 1 amide bonds. The van der Waals surface area contributed by atoms with E-state index >= 15 is 0 Å². The first-order valence-electron chi connectivity index (χ1n) is 7.05. The van der Waals surface area contributed by atoms with E-state index in [9.17, 15) is 4.79 Å². The molecule has 4 nitrogen and oxygen atoms in total. The van der Waals surface area contributed by atoms with Crippen LogP contribution in [0.1, 0.15) is 22.8 Å². The molecule has 0 spiro atoms. The van der Waals surface area contributed by atoms with Crippen molar-refractivity contribution in [2.75, 3.05) is 5.32 Å². The van der Waals surface area contributed by atoms with Crippen LogP contribution < -0.4 is 11.1 Å². The molecule has 3 aromatic rings. The molecule has 0 fully saturated rings. The van der Waals surface area contributed by atoms with Crippen LogP contribution in [0.2, 0.25) is 0 Å². The third-order valence-corrected chi connectivity index (χ3v) is 3.62. The largest absolute Gasteiger partial charge is 0.366 e. The highest BCUT2D eigenvalue weighted by Crippen LogP contribution is 2.26. The van der Waals surface area contributed by atoms with Crippen LogP contribution in [-0.4, -0.2) is 10.9 Å². The van der Waals surface area contributed by atoms with Gasteiger partial charge in [0.1, 0.15) is 0 Å². The Morgan fingerprint density at radius 1 is 1.18 bits per heavy atom. The number of primary amides is 1. The summed E-state index contributed by atoms with van der Waals surface area (Å²) >= 11 is 0. The summed E-state index contributed by atoms with van der Waals surface area (Å²) in [5.74, 6) is -0.418. The molecule has 110 valence electrons. The van der Waals surface area contributed by atoms with Crippen molar-refractivity contribution in [3.8, 4) is 0 Å². The normalized spacial score (nSPS) is 11.6. The first-order chi connectivity index (χ1) is 10.6. The van der Waals surface area contributed by atoms with Gasteiger partial charge in [0.15, 0.2) is 0 Å². The Hall–Kier alpha value is -3.01. The molecular weight excluding hydrogens is 274 g/mol. The maximum absolute atomic E-state index is 11.3. The number of aromatic amines is 1. The monoisotopic (exact) mass is 291 g/mol. The van der Waals surface area contributed by atoms with Gasteiger partial charge >= 0.3 is 0 Å². The molecule has 0 aliphatic heterocycles. The number of nitrogens with two attached hydrogens (primary N) is 1. The molecule has 4 N–H and O–H groups in total. The van der Waals surface area contributed by atoms with Crippen LogP contribution in [0.15, 0.2) is 60.9 Å². The number of fused-ring (bicyclic) bond motifs is 1. The Morgan fingerprint density at radius 3 is 2.68 bits per heavy atom. The number of amides is 1. The third-order valence-electron chi connectivity index (χ3n) is 3.62. The maximum atomic E-state index is 11.3. The molecule has 3 rings (SSSR count). The van der Waals surface area contributed by atoms with E-state index in [0.717, 1.165) is 27.7 Å². The zero-order chi connectivity index (χ0) is 15.5. The Kier molecular flexibility index (Phi) is 3.66. The predicted molar refractivity (Wildman–Crippen MR) is 90.5 cm³/mol. The molecule has 0 radical (unpaired) electrons. The fraction of sp³-hybridized carbons (Fsp3) is 0.0556. The number of H-pyrrole nitrogens is 1. The molecule has 0 aliphatic carbocycles. The van der Waals surface area contributed by atoms with Crippen molar-refractivity contribution in [3.05, 3.63) is 72.1 Å². The highest BCUT2D eigenvalue weighted by Gasteiger charge is 2.08. The molecule has 1 aromatic heterocycles. The Labute approximate surface area is 128 Å². The summed E-state index contributed by atoms with van der Waals surface area (Å²) in [6, 6.07) is 15.4. The molecule has 1 heterocycles. The van der Waals surface area contributed by atoms with Gasteiger partial charge in [-0.25, -0.2) is 0 Å². The predicted octanol–water partition coefficient (Wildman–Crippen LogP) is 3.74. The second kappa shape index (κ2) is 5.77. The Morgan fingerprint density at radius 2 is 1.95 bits per heavy atom. The van der Waals surface area contributed by atoms with Gasteiger partial charge in [-0.1, -0.05) is 18.2 Å². The number of anilines is 1. The number of carbonyl (C=O) groups is 1. The first kappa shape index (κ1) is 13.9. The molecule has 0 atom stereocenters. The van der Waals surface area contributed by atoms with E-state index in [2.05, 4.69) is 10.3 Å². The minimum atomic E-state index is -0.418. The van der Waals surface area contributed by atoms with Crippen LogP contribution in [-0.2, 0) is 0 Å². The smallest absolute Gasteiger partial charge is 0.248 e. The molecule has 0 aliphatic rings. The third kappa shape index (κ3) is 2.72. The van der Waals surface area contributed by atoms with E-state index in [4.69, 9.17) is 5.73 Å². The van der Waals surface area contributed by atoms with E-state index in [1.54, 1.807) is 6.07 Å². The van der Waals surface area contributed by atoms with Gasteiger partial charge in [0.25, 0.3) is 0 Å². The van der Waals surface area contributed by atoms with E-state index < -0.39 is 5.91 Å². The zero-order valence-corrected chi connectivity index (χ0v) is 12.3. The van der Waals surface area contributed by atoms with Crippen molar-refractivity contribution in [1.29, 1.82) is 0 Å². The van der Waals surface area contributed by atoms with Gasteiger partial charge in [0.2, 0.25) is 5.91 Å². The van der Waals surface area contributed by atoms with E-state index in [1.165, 1.54) is 0 Å². The van der Waals surface area contributed by atoms with Gasteiger partial charge in [-0.2, -0.15) is 0 Å². The SMILES string of the molecule is C/C(=C\Nc1ccccc1)c1c[nH]c2ccc(C(N)=O)cc12. The summed E-state index contributed by atoms with van der Waals surface area (Å²) in [7, 11) is 0. The fourth-order valence-electron chi connectivity index (χ4n) is 2.40. The number of nitrogens with one attached hydrogen (secondary N) is 2. The lowest BCUT2D eigenvalue weighted by molar-refractivity contribution is 0.100. The van der Waals surface area contributed by atoms with Gasteiger partial charge in [0, 0.05) is 40.1 Å². The van der Waals surface area contributed by atoms with Crippen LogP contribution in [0.25, 0.3) is 16.5 Å². The lowest BCUT2D eigenvalue weighted by Gasteiger charge is -2.04. The van der Waals surface area contributed by atoms with Crippen molar-refractivity contribution >= 4 is 28.1 Å². The summed E-state index contributed by atoms with van der Waals surface area (Å²) in [6.07, 6.45) is 3.89. The minimum Gasteiger partial charge on any atom is -0.366 e. The van der Waals surface area contributed by atoms with Gasteiger partial charge in [-0.15, -0.1) is 0 Å². The van der Waals surface area contributed by atoms with E-state index in [-0.39, 0.29) is 0 Å². The summed E-state index contributed by atoms with van der Waals surface area (Å²) in [6.45, 7) is 2.02. The maximum Gasteiger partial charge on any atom is 0.248 e. The topological polar surface area (TPSA) is 70.9 Å². The van der Waals surface area contributed by atoms with Crippen molar-refractivity contribution in [2.45, 2.75) is 6.92 Å². The van der Waals surface area contributed by atoms with Gasteiger partial charge < -0.3 is 16.0 Å². The second-order valence-corrected chi connectivity index (χ2v) is 5.16. The number of benzene rings is 2. The van der Waals surface area contributed by atoms with Crippen LogP contribution in [0.4, 0.5) is 5.69 Å². The van der Waals surface area contributed by atoms with Crippen molar-refractivity contribution < 1.29 is 4.79 Å². The van der Waals surface area contributed by atoms with Crippen LogP contribution in [0.3, 0.4) is 0 Å². The quantitative estimate of drug-likeness (QED) is 0.685. The lowest BCUT2D eigenvalue weighted by Crippen LogP contribution is -2.10. The molecule has 0 unspecified atom stereocenters. The molecule has 0 bridgehead atoms. The van der Waals surface area contributed by atoms with Crippen molar-refractivity contribution in [1.82, 2.24) is 4.98 Å². The summed E-state index contributed by atoms with van der Waals surface area (Å²) in [5, 5.41) is 4.25. The highest BCUT2D eigenvalue weighted by atomic mass is 16.1. The first-order valence-corrected chi connectivity index (χ1v) is 7.05. The molecular formula is C18H17N3O. The average Bonchev–Trinajstić information content (AvgIpc) is 2.96. The van der Waals surface area contributed by atoms with Crippen LogP contribution in [0, 0.1) is 0 Å². The number of rotatable bonds is 4. The van der Waals surface area contributed by atoms with Crippen molar-refractivity contribution in [2.24, 2.45) is 5.73 Å². The number of allylic oxidation sites excluding steroid dienone is 1. The van der Waals surface area contributed by atoms with E-state index in [1.807, 2.05) is 61.8 Å². The standard InChI is InChI=1S/C18H17N3O/c1-12(10-20-14-5-3-2-4-6-14)16-11-21-17-8-7-13(18(19)22)9-15(16)17/h2-11,20-21H,1H3,(H2,19,22)/b12-10+. The van der Waals surface area contributed by atoms with Crippen LogP contribution in [0.5, 0.6) is 0 Å². The number of hydrogen-bond donors (Lipinski definition) is 3. The molecule has 22 heavy (non-hydrogen) atoms. The number of carbonyl (C=O) groups excluding carboxylic acids is 1. The molecule has 0 saturated heterocycles. The second-order valence-electron chi connectivity index (χ2n) is 5.16. The summed E-state index contributed by atoms with van der Waals surface area (Å²) < 4.78 is 0. The summed E-state index contributed by atoms with van der Waals surface area (Å²) in [4.78, 5) is 14.6. The summed E-state index contributed by atoms with van der Waals surface area (Å²) in [5.41, 5.74) is 9.99. The zero-order valence-electron chi connectivity index (χ0n) is 12.3. The number of hydrogen-bond acceptors (Lipinski definition) is 2. The molecule has 0 saturated carbocycles. The van der Waals surface area contributed by atoms with Crippen LogP contribution >= 0.6 is 0 Å². The van der Waals surface area contributed by atoms with Gasteiger partial charge in [-0.05, 0) is 42.8 Å². The number of para-hydroxylation sites is 1. The van der Waals surface area contributed by atoms with Crippen molar-refractivity contribution in [3.63, 3.8) is 0 Å². The highest BCUT2D eigenvalue weighted by molar-refractivity contribution is 6.00. The van der Waals surface area contributed by atoms with Gasteiger partial charge in [-0.3, -0.25) is 4.79 Å². The number of aromatic nitrogens is 1.